The van der Waals surface area contributed by atoms with Crippen molar-refractivity contribution >= 4 is 17.7 Å². The molecule has 0 aliphatic rings. The lowest BCUT2D eigenvalue weighted by atomic mass is 10.1. The standard InChI is InChI=1S/C18H29NO3S/c1-14(2)23-11-7-5-4-6-8-18(21)19-13-15-9-10-16(20)17(12-15)22-3/h9-10,12,14,20H,4-8,11,13H2,1-3H3,(H,19,21). The van der Waals surface area contributed by atoms with Crippen LogP contribution in [0, 0.1) is 0 Å². The number of nitrogens with one attached hydrogen (secondary N) is 1. The quantitative estimate of drug-likeness (QED) is 0.596. The molecule has 0 aliphatic carbocycles. The van der Waals surface area contributed by atoms with Gasteiger partial charge < -0.3 is 15.2 Å². The summed E-state index contributed by atoms with van der Waals surface area (Å²) in [5, 5.41) is 13.1. The Morgan fingerprint density at radius 3 is 2.70 bits per heavy atom. The van der Waals surface area contributed by atoms with Gasteiger partial charge in [0.2, 0.25) is 5.91 Å². The summed E-state index contributed by atoms with van der Waals surface area (Å²) in [6, 6.07) is 5.10. The molecule has 4 nitrogen and oxygen atoms in total. The second-order valence-corrected chi connectivity index (χ2v) is 7.55. The molecule has 1 aromatic rings. The number of ether oxygens (including phenoxy) is 1. The number of rotatable bonds is 11. The number of carbonyl (C=O) groups excluding carboxylic acids is 1. The molecule has 0 fully saturated rings. The van der Waals surface area contributed by atoms with Crippen LogP contribution in [0.15, 0.2) is 18.2 Å². The molecule has 2 N–H and O–H groups in total. The van der Waals surface area contributed by atoms with Crippen molar-refractivity contribution in [1.29, 1.82) is 0 Å². The molecule has 0 bridgehead atoms. The zero-order valence-electron chi connectivity index (χ0n) is 14.4. The SMILES string of the molecule is COc1cc(CNC(=O)CCCCCCSC(C)C)ccc1O. The highest BCUT2D eigenvalue weighted by Crippen LogP contribution is 2.26. The zero-order chi connectivity index (χ0) is 17.1. The van der Waals surface area contributed by atoms with E-state index in [9.17, 15) is 9.90 Å². The van der Waals surface area contributed by atoms with Gasteiger partial charge in [0, 0.05) is 13.0 Å². The van der Waals surface area contributed by atoms with Crippen LogP contribution in [0.25, 0.3) is 0 Å². The van der Waals surface area contributed by atoms with E-state index in [0.29, 0.717) is 24.0 Å². The summed E-state index contributed by atoms with van der Waals surface area (Å²) in [6.45, 7) is 4.90. The highest BCUT2D eigenvalue weighted by atomic mass is 32.2. The first-order chi connectivity index (χ1) is 11.0. The van der Waals surface area contributed by atoms with E-state index in [-0.39, 0.29) is 11.7 Å². The largest absolute Gasteiger partial charge is 0.504 e. The van der Waals surface area contributed by atoms with Crippen molar-refractivity contribution in [3.05, 3.63) is 23.8 Å². The minimum atomic E-state index is 0.0774. The molecule has 1 rings (SSSR count). The summed E-state index contributed by atoms with van der Waals surface area (Å²) >= 11 is 2.00. The highest BCUT2D eigenvalue weighted by molar-refractivity contribution is 7.99. The van der Waals surface area contributed by atoms with Gasteiger partial charge in [0.05, 0.1) is 7.11 Å². The average molecular weight is 340 g/mol. The van der Waals surface area contributed by atoms with Crippen molar-refractivity contribution in [3.63, 3.8) is 0 Å². The Bertz CT molecular complexity index is 477. The first-order valence-electron chi connectivity index (χ1n) is 8.27. The summed E-state index contributed by atoms with van der Waals surface area (Å²) in [6.07, 6.45) is 5.06. The highest BCUT2D eigenvalue weighted by Gasteiger charge is 2.05. The average Bonchev–Trinajstić information content (AvgIpc) is 2.52. The van der Waals surface area contributed by atoms with Gasteiger partial charge in [-0.2, -0.15) is 11.8 Å². The second kappa shape index (κ2) is 11.2. The number of unbranched alkanes of at least 4 members (excludes halogenated alkanes) is 3. The molecule has 130 valence electrons. The molecule has 0 aliphatic heterocycles. The molecule has 5 heteroatoms. The predicted molar refractivity (Wildman–Crippen MR) is 97.2 cm³/mol. The Balaban J connectivity index is 2.13. The number of carbonyl (C=O) groups is 1. The lowest BCUT2D eigenvalue weighted by Crippen LogP contribution is -2.22. The summed E-state index contributed by atoms with van der Waals surface area (Å²) in [5.41, 5.74) is 0.915. The summed E-state index contributed by atoms with van der Waals surface area (Å²) in [5.74, 6) is 1.83. The smallest absolute Gasteiger partial charge is 0.220 e. The summed E-state index contributed by atoms with van der Waals surface area (Å²) in [4.78, 5) is 11.8. The topological polar surface area (TPSA) is 58.6 Å². The fourth-order valence-electron chi connectivity index (χ4n) is 2.18. The molecule has 0 unspecified atom stereocenters. The predicted octanol–water partition coefficient (Wildman–Crippen LogP) is 4.11. The van der Waals surface area contributed by atoms with Crippen LogP contribution in [0.1, 0.15) is 51.5 Å². The van der Waals surface area contributed by atoms with E-state index >= 15 is 0 Å². The summed E-state index contributed by atoms with van der Waals surface area (Å²) in [7, 11) is 1.51. The monoisotopic (exact) mass is 339 g/mol. The maximum Gasteiger partial charge on any atom is 0.220 e. The Hall–Kier alpha value is -1.36. The van der Waals surface area contributed by atoms with E-state index in [0.717, 1.165) is 18.4 Å². The first-order valence-corrected chi connectivity index (χ1v) is 9.32. The number of phenols is 1. The van der Waals surface area contributed by atoms with E-state index in [1.165, 1.54) is 25.7 Å². The first kappa shape index (κ1) is 19.7. The number of hydrogen-bond donors (Lipinski definition) is 2. The molecule has 0 spiro atoms. The third-order valence-corrected chi connectivity index (χ3v) is 4.67. The van der Waals surface area contributed by atoms with Gasteiger partial charge in [-0.25, -0.2) is 0 Å². The molecular weight excluding hydrogens is 310 g/mol. The van der Waals surface area contributed by atoms with Gasteiger partial charge in [-0.05, 0) is 41.5 Å². The van der Waals surface area contributed by atoms with Crippen LogP contribution in [0.2, 0.25) is 0 Å². The van der Waals surface area contributed by atoms with E-state index in [1.807, 2.05) is 11.8 Å². The lowest BCUT2D eigenvalue weighted by molar-refractivity contribution is -0.121. The van der Waals surface area contributed by atoms with Crippen LogP contribution in [0.3, 0.4) is 0 Å². The second-order valence-electron chi connectivity index (χ2n) is 5.87. The van der Waals surface area contributed by atoms with Crippen molar-refractivity contribution in [2.24, 2.45) is 0 Å². The van der Waals surface area contributed by atoms with Crippen molar-refractivity contribution in [3.8, 4) is 11.5 Å². The van der Waals surface area contributed by atoms with E-state index in [2.05, 4.69) is 19.2 Å². The molecule has 1 amide bonds. The van der Waals surface area contributed by atoms with Gasteiger partial charge in [-0.3, -0.25) is 4.79 Å². The number of methoxy groups -OCH3 is 1. The minimum absolute atomic E-state index is 0.0774. The molecule has 0 saturated carbocycles. The normalized spacial score (nSPS) is 10.8. The Kier molecular flexibility index (Phi) is 9.60. The number of thioether (sulfide) groups is 1. The molecule has 0 atom stereocenters. The number of amides is 1. The lowest BCUT2D eigenvalue weighted by Gasteiger charge is -2.08. The number of hydrogen-bond acceptors (Lipinski definition) is 4. The van der Waals surface area contributed by atoms with Crippen molar-refractivity contribution < 1.29 is 14.6 Å². The van der Waals surface area contributed by atoms with Gasteiger partial charge in [0.1, 0.15) is 0 Å². The van der Waals surface area contributed by atoms with E-state index in [1.54, 1.807) is 18.2 Å². The van der Waals surface area contributed by atoms with Crippen LogP contribution in [-0.4, -0.2) is 29.1 Å². The number of aromatic hydroxyl groups is 1. The fourth-order valence-corrected chi connectivity index (χ4v) is 3.02. The van der Waals surface area contributed by atoms with Crippen LogP contribution < -0.4 is 10.1 Å². The molecule has 0 saturated heterocycles. The molecular formula is C18H29NO3S. The van der Waals surface area contributed by atoms with E-state index in [4.69, 9.17) is 4.74 Å². The van der Waals surface area contributed by atoms with Gasteiger partial charge in [0.15, 0.2) is 11.5 Å². The maximum atomic E-state index is 11.8. The van der Waals surface area contributed by atoms with Gasteiger partial charge in [-0.1, -0.05) is 32.8 Å². The van der Waals surface area contributed by atoms with Gasteiger partial charge >= 0.3 is 0 Å². The third-order valence-electron chi connectivity index (χ3n) is 3.48. The van der Waals surface area contributed by atoms with Crippen LogP contribution >= 0.6 is 11.8 Å². The molecule has 0 heterocycles. The molecule has 0 aromatic heterocycles. The van der Waals surface area contributed by atoms with Crippen LogP contribution in [0.4, 0.5) is 0 Å². The van der Waals surface area contributed by atoms with Crippen molar-refractivity contribution in [2.45, 2.75) is 57.7 Å². The summed E-state index contributed by atoms with van der Waals surface area (Å²) < 4.78 is 5.05. The zero-order valence-corrected chi connectivity index (χ0v) is 15.2. The van der Waals surface area contributed by atoms with Crippen LogP contribution in [-0.2, 0) is 11.3 Å². The number of phenolic OH excluding ortho intramolecular Hbond substituents is 1. The Morgan fingerprint density at radius 2 is 2.00 bits per heavy atom. The van der Waals surface area contributed by atoms with E-state index < -0.39 is 0 Å². The Labute approximate surface area is 144 Å². The fraction of sp³-hybridized carbons (Fsp3) is 0.611. The van der Waals surface area contributed by atoms with Crippen molar-refractivity contribution in [1.82, 2.24) is 5.32 Å². The number of benzene rings is 1. The van der Waals surface area contributed by atoms with Gasteiger partial charge in [-0.15, -0.1) is 0 Å². The van der Waals surface area contributed by atoms with Crippen LogP contribution in [0.5, 0.6) is 11.5 Å². The third kappa shape index (κ3) is 8.74. The molecule has 0 radical (unpaired) electrons. The molecule has 1 aromatic carbocycles. The minimum Gasteiger partial charge on any atom is -0.504 e. The maximum absolute atomic E-state index is 11.8. The molecule has 23 heavy (non-hydrogen) atoms. The Morgan fingerprint density at radius 1 is 1.26 bits per heavy atom. The van der Waals surface area contributed by atoms with Crippen molar-refractivity contribution in [2.75, 3.05) is 12.9 Å². The van der Waals surface area contributed by atoms with Gasteiger partial charge in [0.25, 0.3) is 0 Å².